The van der Waals surface area contributed by atoms with Gasteiger partial charge in [-0.15, -0.1) is 10.2 Å². The highest BCUT2D eigenvalue weighted by molar-refractivity contribution is 5.68. The standard InChI is InChI=1S/C16H29N5O2/c1-5-21-11-18-20-14(21)10-17-12-7-6-8-13(9-12)19-15(22)23-16(2,3)4/h11-13,17H,5-10H2,1-4H3,(H,19,22). The highest BCUT2D eigenvalue weighted by atomic mass is 16.6. The Labute approximate surface area is 138 Å². The lowest BCUT2D eigenvalue weighted by Gasteiger charge is -2.31. The first kappa shape index (κ1) is 17.7. The molecule has 7 nitrogen and oxygen atoms in total. The zero-order valence-corrected chi connectivity index (χ0v) is 14.6. The molecule has 1 amide bonds. The van der Waals surface area contributed by atoms with Gasteiger partial charge < -0.3 is 19.9 Å². The van der Waals surface area contributed by atoms with Crippen molar-refractivity contribution in [1.29, 1.82) is 0 Å². The Bertz CT molecular complexity index is 509. The zero-order chi connectivity index (χ0) is 16.9. The van der Waals surface area contributed by atoms with E-state index >= 15 is 0 Å². The molecule has 1 fully saturated rings. The second-order valence-corrected chi connectivity index (χ2v) is 7.12. The molecule has 0 saturated heterocycles. The monoisotopic (exact) mass is 323 g/mol. The van der Waals surface area contributed by atoms with Crippen molar-refractivity contribution in [2.45, 2.75) is 84.2 Å². The Hall–Kier alpha value is -1.63. The Morgan fingerprint density at radius 2 is 2.13 bits per heavy atom. The van der Waals surface area contributed by atoms with E-state index in [4.69, 9.17) is 4.74 Å². The van der Waals surface area contributed by atoms with Gasteiger partial charge in [0, 0.05) is 18.6 Å². The average Bonchev–Trinajstić information content (AvgIpc) is 2.90. The maximum absolute atomic E-state index is 11.9. The minimum Gasteiger partial charge on any atom is -0.444 e. The first-order valence-corrected chi connectivity index (χ1v) is 8.47. The number of aromatic nitrogens is 3. The van der Waals surface area contributed by atoms with E-state index in [0.29, 0.717) is 12.6 Å². The summed E-state index contributed by atoms with van der Waals surface area (Å²) in [5.74, 6) is 0.953. The number of hydrogen-bond donors (Lipinski definition) is 2. The van der Waals surface area contributed by atoms with Crippen LogP contribution in [0, 0.1) is 0 Å². The number of ether oxygens (including phenoxy) is 1. The number of amides is 1. The molecule has 1 heterocycles. The third-order valence-corrected chi connectivity index (χ3v) is 3.98. The van der Waals surface area contributed by atoms with E-state index < -0.39 is 5.60 Å². The van der Waals surface area contributed by atoms with Crippen LogP contribution < -0.4 is 10.6 Å². The second-order valence-electron chi connectivity index (χ2n) is 7.12. The minimum absolute atomic E-state index is 0.167. The molecular formula is C16H29N5O2. The Morgan fingerprint density at radius 3 is 2.83 bits per heavy atom. The molecule has 130 valence electrons. The topological polar surface area (TPSA) is 81.1 Å². The van der Waals surface area contributed by atoms with Crippen LogP contribution in [-0.2, 0) is 17.8 Å². The predicted octanol–water partition coefficient (Wildman–Crippen LogP) is 2.22. The number of hydrogen-bond acceptors (Lipinski definition) is 5. The number of carbonyl (C=O) groups excluding carboxylic acids is 1. The first-order chi connectivity index (χ1) is 10.9. The summed E-state index contributed by atoms with van der Waals surface area (Å²) in [5.41, 5.74) is -0.458. The van der Waals surface area contributed by atoms with Crippen LogP contribution in [0.5, 0.6) is 0 Å². The van der Waals surface area contributed by atoms with Gasteiger partial charge in [-0.1, -0.05) is 0 Å². The van der Waals surface area contributed by atoms with Gasteiger partial charge in [0.15, 0.2) is 0 Å². The van der Waals surface area contributed by atoms with Crippen LogP contribution in [0.25, 0.3) is 0 Å². The maximum Gasteiger partial charge on any atom is 0.407 e. The first-order valence-electron chi connectivity index (χ1n) is 8.47. The summed E-state index contributed by atoms with van der Waals surface area (Å²) in [5, 5.41) is 14.6. The fourth-order valence-electron chi connectivity index (χ4n) is 2.90. The second kappa shape index (κ2) is 7.77. The number of nitrogens with zero attached hydrogens (tertiary/aromatic N) is 3. The summed E-state index contributed by atoms with van der Waals surface area (Å²) in [4.78, 5) is 11.9. The number of aryl methyl sites for hydroxylation is 1. The van der Waals surface area contributed by atoms with Crippen molar-refractivity contribution in [3.63, 3.8) is 0 Å². The third-order valence-electron chi connectivity index (χ3n) is 3.98. The van der Waals surface area contributed by atoms with Gasteiger partial charge in [0.25, 0.3) is 0 Å². The molecule has 2 atom stereocenters. The quantitative estimate of drug-likeness (QED) is 0.868. The Kier molecular flexibility index (Phi) is 5.98. The summed E-state index contributed by atoms with van der Waals surface area (Å²) in [6.45, 7) is 9.29. The molecule has 1 aromatic heterocycles. The molecule has 1 aromatic rings. The SMILES string of the molecule is CCn1cnnc1CNC1CCCC(NC(=O)OC(C)(C)C)C1. The van der Waals surface area contributed by atoms with Gasteiger partial charge in [-0.05, 0) is 53.4 Å². The van der Waals surface area contributed by atoms with E-state index in [1.807, 2.05) is 25.3 Å². The lowest BCUT2D eigenvalue weighted by atomic mass is 9.91. The van der Waals surface area contributed by atoms with Crippen LogP contribution >= 0.6 is 0 Å². The van der Waals surface area contributed by atoms with Crippen LogP contribution in [0.1, 0.15) is 59.2 Å². The van der Waals surface area contributed by atoms with Crippen molar-refractivity contribution >= 4 is 6.09 Å². The average molecular weight is 323 g/mol. The molecule has 2 N–H and O–H groups in total. The van der Waals surface area contributed by atoms with E-state index in [1.54, 1.807) is 6.33 Å². The summed E-state index contributed by atoms with van der Waals surface area (Å²) in [6.07, 6.45) is 5.56. The number of alkyl carbamates (subject to hydrolysis) is 1. The largest absolute Gasteiger partial charge is 0.444 e. The van der Waals surface area contributed by atoms with Gasteiger partial charge in [0.2, 0.25) is 0 Å². The Morgan fingerprint density at radius 1 is 1.39 bits per heavy atom. The smallest absolute Gasteiger partial charge is 0.407 e. The number of rotatable bonds is 5. The van der Waals surface area contributed by atoms with E-state index in [1.165, 1.54) is 0 Å². The molecule has 7 heteroatoms. The van der Waals surface area contributed by atoms with Gasteiger partial charge >= 0.3 is 6.09 Å². The van der Waals surface area contributed by atoms with Crippen LogP contribution in [0.3, 0.4) is 0 Å². The van der Waals surface area contributed by atoms with Gasteiger partial charge in [0.1, 0.15) is 17.8 Å². The summed E-state index contributed by atoms with van der Waals surface area (Å²) in [6, 6.07) is 0.547. The fraction of sp³-hybridized carbons (Fsp3) is 0.812. The maximum atomic E-state index is 11.9. The van der Waals surface area contributed by atoms with Crippen LogP contribution in [0.4, 0.5) is 4.79 Å². The molecule has 2 unspecified atom stereocenters. The highest BCUT2D eigenvalue weighted by Crippen LogP contribution is 2.19. The van der Waals surface area contributed by atoms with Crippen molar-refractivity contribution in [1.82, 2.24) is 25.4 Å². The molecule has 2 rings (SSSR count). The normalized spacial score (nSPS) is 21.9. The van der Waals surface area contributed by atoms with Crippen molar-refractivity contribution < 1.29 is 9.53 Å². The van der Waals surface area contributed by atoms with Crippen molar-refractivity contribution in [3.05, 3.63) is 12.2 Å². The predicted molar refractivity (Wildman–Crippen MR) is 87.9 cm³/mol. The molecule has 0 bridgehead atoms. The molecule has 23 heavy (non-hydrogen) atoms. The van der Waals surface area contributed by atoms with Crippen LogP contribution in [0.2, 0.25) is 0 Å². The van der Waals surface area contributed by atoms with Gasteiger partial charge in [0.05, 0.1) is 6.54 Å². The van der Waals surface area contributed by atoms with Crippen LogP contribution in [0.15, 0.2) is 6.33 Å². The summed E-state index contributed by atoms with van der Waals surface area (Å²) >= 11 is 0. The minimum atomic E-state index is -0.458. The molecular weight excluding hydrogens is 294 g/mol. The molecule has 1 aliphatic rings. The van der Waals surface area contributed by atoms with E-state index in [9.17, 15) is 4.79 Å². The lowest BCUT2D eigenvalue weighted by Crippen LogP contribution is -2.45. The third kappa shape index (κ3) is 5.82. The van der Waals surface area contributed by atoms with Crippen molar-refractivity contribution in [2.75, 3.05) is 0 Å². The van der Waals surface area contributed by atoms with Crippen molar-refractivity contribution in [3.8, 4) is 0 Å². The van der Waals surface area contributed by atoms with Gasteiger partial charge in [-0.25, -0.2) is 4.79 Å². The van der Waals surface area contributed by atoms with E-state index in [0.717, 1.165) is 38.1 Å². The van der Waals surface area contributed by atoms with Gasteiger partial charge in [-0.3, -0.25) is 0 Å². The van der Waals surface area contributed by atoms with Crippen LogP contribution in [-0.4, -0.2) is 38.5 Å². The zero-order valence-electron chi connectivity index (χ0n) is 14.6. The molecule has 0 aromatic carbocycles. The molecule has 1 saturated carbocycles. The van der Waals surface area contributed by atoms with Gasteiger partial charge in [-0.2, -0.15) is 0 Å². The molecule has 0 aliphatic heterocycles. The molecule has 1 aliphatic carbocycles. The summed E-state index contributed by atoms with van der Waals surface area (Å²) in [7, 11) is 0. The number of carbonyl (C=O) groups is 1. The fourth-order valence-corrected chi connectivity index (χ4v) is 2.90. The van der Waals surface area contributed by atoms with E-state index in [2.05, 4.69) is 27.8 Å². The molecule has 0 radical (unpaired) electrons. The van der Waals surface area contributed by atoms with Crippen molar-refractivity contribution in [2.24, 2.45) is 0 Å². The summed E-state index contributed by atoms with van der Waals surface area (Å²) < 4.78 is 7.37. The van der Waals surface area contributed by atoms with E-state index in [-0.39, 0.29) is 12.1 Å². The molecule has 0 spiro atoms. The Balaban J connectivity index is 1.78. The number of nitrogens with one attached hydrogen (secondary N) is 2. The highest BCUT2D eigenvalue weighted by Gasteiger charge is 2.25. The lowest BCUT2D eigenvalue weighted by molar-refractivity contribution is 0.0488.